The van der Waals surface area contributed by atoms with E-state index in [2.05, 4.69) is 25.4 Å². The number of aliphatic carboxylic acids is 1. The minimum Gasteiger partial charge on any atom is -0.493 e. The van der Waals surface area contributed by atoms with Gasteiger partial charge in [0.1, 0.15) is 11.9 Å². The van der Waals surface area contributed by atoms with Crippen LogP contribution in [0.4, 0.5) is 11.4 Å². The summed E-state index contributed by atoms with van der Waals surface area (Å²) in [6, 6.07) is 11.4. The largest absolute Gasteiger partial charge is 0.493 e. The summed E-state index contributed by atoms with van der Waals surface area (Å²) >= 11 is 0. The van der Waals surface area contributed by atoms with Gasteiger partial charge in [0.25, 0.3) is 17.8 Å². The van der Waals surface area contributed by atoms with Gasteiger partial charge in [0.05, 0.1) is 12.8 Å². The van der Waals surface area contributed by atoms with Crippen molar-refractivity contribution in [2.75, 3.05) is 31.0 Å². The van der Waals surface area contributed by atoms with Crippen LogP contribution in [0.1, 0.15) is 29.9 Å². The van der Waals surface area contributed by atoms with Crippen LogP contribution in [0.25, 0.3) is 5.95 Å². The Morgan fingerprint density at radius 1 is 1.22 bits per heavy atom. The van der Waals surface area contributed by atoms with Gasteiger partial charge in [0.15, 0.2) is 23.9 Å². The van der Waals surface area contributed by atoms with Gasteiger partial charge in [-0.2, -0.15) is 0 Å². The van der Waals surface area contributed by atoms with Crippen LogP contribution >= 0.6 is 0 Å². The molecule has 1 aliphatic rings. The molecule has 15 nitrogen and oxygen atoms in total. The predicted octanol–water partition coefficient (Wildman–Crippen LogP) is 1.29. The number of carboxylic acid groups (broad SMARTS) is 1. The van der Waals surface area contributed by atoms with Crippen molar-refractivity contribution in [3.8, 4) is 17.4 Å². The fraction of sp³-hybridized carbons (Fsp3) is 0.192. The zero-order valence-electron chi connectivity index (χ0n) is 22.3. The first kappa shape index (κ1) is 28.3. The quantitative estimate of drug-likeness (QED) is 0.160. The van der Waals surface area contributed by atoms with E-state index in [1.165, 1.54) is 24.4 Å². The molecule has 4 aromatic rings. The first-order chi connectivity index (χ1) is 19.6. The summed E-state index contributed by atoms with van der Waals surface area (Å²) in [5, 5.41) is 22.9. The van der Waals surface area contributed by atoms with Crippen LogP contribution in [-0.4, -0.2) is 68.3 Å². The number of ether oxygens (including phenoxy) is 2. The number of fused-ring (bicyclic) bond motifs is 1. The number of carbonyl (C=O) groups excluding carboxylic acids is 1. The highest BCUT2D eigenvalue weighted by molar-refractivity contribution is 5.98. The van der Waals surface area contributed by atoms with E-state index in [-0.39, 0.29) is 30.1 Å². The summed E-state index contributed by atoms with van der Waals surface area (Å²) in [5.74, 6) is 0.131. The van der Waals surface area contributed by atoms with Crippen molar-refractivity contribution in [1.82, 2.24) is 24.7 Å². The number of amides is 1. The number of likely N-dealkylation sites (N-methyl/N-ethyl adjacent to an activating group) is 1. The Morgan fingerprint density at radius 2 is 1.88 bits per heavy atom. The van der Waals surface area contributed by atoms with Crippen molar-refractivity contribution in [1.29, 1.82) is 5.41 Å². The number of anilines is 2. The van der Waals surface area contributed by atoms with Gasteiger partial charge >= 0.3 is 5.69 Å². The molecule has 1 amide bonds. The first-order valence-electron chi connectivity index (χ1n) is 12.1. The molecule has 3 heterocycles. The zero-order chi connectivity index (χ0) is 29.7. The standard InChI is InChI=1S/C24H23N9O4.C2H4O2/c1-32-16-10-14(11-17(36-2)20(16)37-12-18(32)34)19(29-15-6-4-13(5-7-15)21(25)26)22-30-24(35)33(31-22)23-27-8-3-9-28-23;1-2(3)4/h3-11,19,29H,12H2,1-2H3,(H3,25,26)(H,30,31,35);1H3,(H,3,4). The minimum atomic E-state index is -0.833. The Bertz CT molecular complexity index is 1630. The Kier molecular flexibility index (Phi) is 8.26. The van der Waals surface area contributed by atoms with E-state index >= 15 is 0 Å². The van der Waals surface area contributed by atoms with E-state index in [1.54, 1.807) is 49.5 Å². The van der Waals surface area contributed by atoms with Crippen molar-refractivity contribution in [2.24, 2.45) is 5.73 Å². The number of benzene rings is 2. The lowest BCUT2D eigenvalue weighted by Crippen LogP contribution is -2.35. The number of amidine groups is 1. The molecular weight excluding hydrogens is 534 g/mol. The number of rotatable bonds is 7. The number of H-pyrrole nitrogens is 1. The van der Waals surface area contributed by atoms with Gasteiger partial charge in [0.2, 0.25) is 0 Å². The van der Waals surface area contributed by atoms with Crippen LogP contribution in [0.15, 0.2) is 59.7 Å². The van der Waals surface area contributed by atoms with Crippen LogP contribution in [0.2, 0.25) is 0 Å². The lowest BCUT2D eigenvalue weighted by Gasteiger charge is -2.29. The average Bonchev–Trinajstić information content (AvgIpc) is 3.34. The summed E-state index contributed by atoms with van der Waals surface area (Å²) in [6.45, 7) is 0.984. The van der Waals surface area contributed by atoms with Crippen molar-refractivity contribution >= 4 is 29.1 Å². The Morgan fingerprint density at radius 3 is 2.49 bits per heavy atom. The Hall–Kier alpha value is -5.73. The molecule has 5 rings (SSSR count). The van der Waals surface area contributed by atoms with E-state index in [0.717, 1.165) is 11.6 Å². The third-order valence-electron chi connectivity index (χ3n) is 5.84. The second-order valence-corrected chi connectivity index (χ2v) is 8.68. The van der Waals surface area contributed by atoms with E-state index in [0.29, 0.717) is 34.0 Å². The Balaban J connectivity index is 0.000000909. The second kappa shape index (κ2) is 12.0. The SMILES string of the molecule is CC(=O)O.COc1cc(C(Nc2ccc(C(=N)N)cc2)c2nn(-c3ncccn3)c(=O)[nH]2)cc2c1OCC(=O)N2C. The van der Waals surface area contributed by atoms with Gasteiger partial charge in [-0.25, -0.2) is 14.8 Å². The van der Waals surface area contributed by atoms with Gasteiger partial charge in [0, 0.05) is 37.6 Å². The maximum Gasteiger partial charge on any atom is 0.350 e. The highest BCUT2D eigenvalue weighted by Gasteiger charge is 2.29. The number of nitrogens with two attached hydrogens (primary N) is 1. The van der Waals surface area contributed by atoms with Crippen molar-refractivity contribution in [3.63, 3.8) is 0 Å². The number of nitrogens with zero attached hydrogens (tertiary/aromatic N) is 5. The van der Waals surface area contributed by atoms with Crippen LogP contribution < -0.4 is 31.1 Å². The normalized spacial score (nSPS) is 12.8. The molecule has 41 heavy (non-hydrogen) atoms. The number of hydrogen-bond donors (Lipinski definition) is 5. The topological polar surface area (TPSA) is 214 Å². The molecule has 0 fully saturated rings. The Labute approximate surface area is 233 Å². The maximum atomic E-state index is 12.8. The molecule has 212 valence electrons. The molecule has 0 radical (unpaired) electrons. The second-order valence-electron chi connectivity index (χ2n) is 8.68. The number of nitrogens with one attached hydrogen (secondary N) is 3. The summed E-state index contributed by atoms with van der Waals surface area (Å²) < 4.78 is 12.3. The van der Waals surface area contributed by atoms with Crippen molar-refractivity contribution < 1.29 is 24.2 Å². The summed E-state index contributed by atoms with van der Waals surface area (Å²) in [4.78, 5) is 46.6. The van der Waals surface area contributed by atoms with Crippen LogP contribution in [-0.2, 0) is 9.59 Å². The maximum absolute atomic E-state index is 12.8. The lowest BCUT2D eigenvalue weighted by molar-refractivity contribution is -0.134. The number of aromatic amines is 1. The molecule has 1 atom stereocenters. The van der Waals surface area contributed by atoms with Crippen LogP contribution in [0.3, 0.4) is 0 Å². The molecule has 1 unspecified atom stereocenters. The number of aromatic nitrogens is 5. The molecule has 0 spiro atoms. The fourth-order valence-electron chi connectivity index (χ4n) is 3.91. The number of nitrogen functional groups attached to an aromatic ring is 1. The number of carbonyl (C=O) groups is 2. The van der Waals surface area contributed by atoms with E-state index < -0.39 is 17.7 Å². The monoisotopic (exact) mass is 561 g/mol. The third-order valence-corrected chi connectivity index (χ3v) is 5.84. The van der Waals surface area contributed by atoms with E-state index in [9.17, 15) is 9.59 Å². The molecule has 2 aromatic carbocycles. The lowest BCUT2D eigenvalue weighted by atomic mass is 10.0. The summed E-state index contributed by atoms with van der Waals surface area (Å²) in [5.41, 5.74) is 7.43. The molecule has 6 N–H and O–H groups in total. The smallest absolute Gasteiger partial charge is 0.350 e. The molecule has 0 saturated heterocycles. The molecular formula is C26H27N9O6. The van der Waals surface area contributed by atoms with E-state index in [1.807, 2.05) is 0 Å². The molecule has 15 heteroatoms. The molecule has 2 aromatic heterocycles. The van der Waals surface area contributed by atoms with E-state index in [4.69, 9.17) is 30.5 Å². The minimum absolute atomic E-state index is 0.0545. The van der Waals surface area contributed by atoms with Crippen LogP contribution in [0.5, 0.6) is 11.5 Å². The third kappa shape index (κ3) is 6.30. The molecule has 0 bridgehead atoms. The molecule has 1 aliphatic heterocycles. The van der Waals surface area contributed by atoms with Gasteiger partial charge in [-0.05, 0) is 48.0 Å². The predicted molar refractivity (Wildman–Crippen MR) is 148 cm³/mol. The highest BCUT2D eigenvalue weighted by atomic mass is 16.5. The summed E-state index contributed by atoms with van der Waals surface area (Å²) in [7, 11) is 3.16. The first-order valence-corrected chi connectivity index (χ1v) is 12.1. The highest BCUT2D eigenvalue weighted by Crippen LogP contribution is 2.43. The number of hydrogen-bond acceptors (Lipinski definition) is 10. The fourth-order valence-corrected chi connectivity index (χ4v) is 3.91. The molecule has 0 saturated carbocycles. The number of carboxylic acids is 1. The number of methoxy groups -OCH3 is 1. The van der Waals surface area contributed by atoms with Crippen LogP contribution in [0, 0.1) is 5.41 Å². The van der Waals surface area contributed by atoms with Gasteiger partial charge in [-0.15, -0.1) is 9.78 Å². The van der Waals surface area contributed by atoms with Crippen molar-refractivity contribution in [2.45, 2.75) is 13.0 Å². The van der Waals surface area contributed by atoms with Crippen molar-refractivity contribution in [3.05, 3.63) is 82.3 Å². The molecule has 0 aliphatic carbocycles. The van der Waals surface area contributed by atoms with Gasteiger partial charge < -0.3 is 30.5 Å². The van der Waals surface area contributed by atoms with Gasteiger partial charge in [-0.3, -0.25) is 20.0 Å². The summed E-state index contributed by atoms with van der Waals surface area (Å²) in [6.07, 6.45) is 3.02. The zero-order valence-corrected chi connectivity index (χ0v) is 22.3. The average molecular weight is 562 g/mol. The van der Waals surface area contributed by atoms with Gasteiger partial charge in [-0.1, -0.05) is 0 Å².